The minimum Gasteiger partial charge on any atom is -0.497 e. The summed E-state index contributed by atoms with van der Waals surface area (Å²) in [4.78, 5) is 59.1. The minimum absolute atomic E-state index is 0.0267. The highest BCUT2D eigenvalue weighted by atomic mass is 16.5. The Bertz CT molecular complexity index is 1690. The first-order valence-corrected chi connectivity index (χ1v) is 13.8. The van der Waals surface area contributed by atoms with E-state index in [1.165, 1.54) is 4.90 Å². The van der Waals surface area contributed by atoms with Gasteiger partial charge in [-0.1, -0.05) is 36.4 Å². The van der Waals surface area contributed by atoms with E-state index < -0.39 is 12.0 Å². The lowest BCUT2D eigenvalue weighted by molar-refractivity contribution is -0.118. The Balaban J connectivity index is 1.29. The number of methoxy groups -OCH3 is 1. The lowest BCUT2D eigenvalue weighted by Gasteiger charge is -2.38. The number of imide groups is 1. The molecule has 3 aromatic carbocycles. The van der Waals surface area contributed by atoms with Gasteiger partial charge in [-0.05, 0) is 54.8 Å². The number of aromatic nitrogens is 1. The SMILES string of the molecule is CCOC(=O)c1[nH]c2ccc(OC)cc2c1NC(=O)CN1CCc2ccccc2C1CN1C(=O)c2ccccc2C1=O. The van der Waals surface area contributed by atoms with Crippen LogP contribution in [0.4, 0.5) is 5.69 Å². The summed E-state index contributed by atoms with van der Waals surface area (Å²) in [5, 5.41) is 3.53. The van der Waals surface area contributed by atoms with Crippen LogP contribution in [-0.2, 0) is 16.0 Å². The second kappa shape index (κ2) is 11.1. The van der Waals surface area contributed by atoms with Crippen LogP contribution in [0.3, 0.4) is 0 Å². The van der Waals surface area contributed by atoms with Crippen LogP contribution < -0.4 is 10.1 Å². The fourth-order valence-electron chi connectivity index (χ4n) is 5.83. The number of hydrogen-bond acceptors (Lipinski definition) is 7. The van der Waals surface area contributed by atoms with Crippen molar-refractivity contribution in [1.29, 1.82) is 0 Å². The molecule has 1 atom stereocenters. The molecule has 0 bridgehead atoms. The monoisotopic (exact) mass is 566 g/mol. The van der Waals surface area contributed by atoms with E-state index in [1.807, 2.05) is 29.2 Å². The maximum absolute atomic E-state index is 13.6. The normalized spacial score (nSPS) is 16.3. The second-order valence-corrected chi connectivity index (χ2v) is 10.3. The number of carbonyl (C=O) groups excluding carboxylic acids is 4. The number of aromatic amines is 1. The van der Waals surface area contributed by atoms with E-state index in [0.29, 0.717) is 46.4 Å². The third kappa shape index (κ3) is 4.79. The summed E-state index contributed by atoms with van der Waals surface area (Å²) in [6.07, 6.45) is 0.709. The number of H-pyrrole nitrogens is 1. The Morgan fingerprint density at radius 1 is 1.00 bits per heavy atom. The molecule has 0 fully saturated rings. The van der Waals surface area contributed by atoms with Gasteiger partial charge in [-0.15, -0.1) is 0 Å². The Morgan fingerprint density at radius 3 is 2.43 bits per heavy atom. The van der Waals surface area contributed by atoms with Gasteiger partial charge in [0.2, 0.25) is 5.91 Å². The van der Waals surface area contributed by atoms with Crippen LogP contribution in [0, 0.1) is 0 Å². The highest BCUT2D eigenvalue weighted by Crippen LogP contribution is 2.34. The molecule has 0 spiro atoms. The zero-order valence-electron chi connectivity index (χ0n) is 23.3. The van der Waals surface area contributed by atoms with Crippen molar-refractivity contribution in [2.24, 2.45) is 0 Å². The standard InChI is InChI=1S/C32H30N4O6/c1-3-42-32(40)29-28(24-16-20(41-2)12-13-25(24)33-29)34-27(37)18-35-15-14-19-8-4-5-9-21(19)26(35)17-36-30(38)22-10-6-7-11-23(22)31(36)39/h4-13,16,26,33H,3,14-15,17-18H2,1-2H3,(H,34,37). The Morgan fingerprint density at radius 2 is 1.71 bits per heavy atom. The van der Waals surface area contributed by atoms with Crippen molar-refractivity contribution in [3.05, 3.63) is 94.7 Å². The Labute approximate surface area is 242 Å². The number of nitrogens with one attached hydrogen (secondary N) is 2. The summed E-state index contributed by atoms with van der Waals surface area (Å²) in [5.41, 5.74) is 3.95. The molecule has 3 amide bonds. The first kappa shape index (κ1) is 27.2. The number of benzene rings is 3. The fraction of sp³-hybridized carbons (Fsp3) is 0.250. The Kier molecular flexibility index (Phi) is 7.22. The molecular weight excluding hydrogens is 536 g/mol. The molecular formula is C32H30N4O6. The number of carbonyl (C=O) groups is 4. The van der Waals surface area contributed by atoms with E-state index >= 15 is 0 Å². The molecule has 0 saturated heterocycles. The van der Waals surface area contributed by atoms with E-state index in [1.54, 1.807) is 56.5 Å². The predicted molar refractivity (Wildman–Crippen MR) is 156 cm³/mol. The molecule has 10 nitrogen and oxygen atoms in total. The number of hydrogen-bond donors (Lipinski definition) is 2. The van der Waals surface area contributed by atoms with Crippen LogP contribution in [0.2, 0.25) is 0 Å². The zero-order valence-corrected chi connectivity index (χ0v) is 23.3. The van der Waals surface area contributed by atoms with E-state index in [9.17, 15) is 19.2 Å². The van der Waals surface area contributed by atoms with Crippen molar-refractivity contribution >= 4 is 40.3 Å². The third-order valence-electron chi connectivity index (χ3n) is 7.85. The molecule has 214 valence electrons. The van der Waals surface area contributed by atoms with Crippen LogP contribution in [0.25, 0.3) is 10.9 Å². The summed E-state index contributed by atoms with van der Waals surface area (Å²) in [7, 11) is 1.54. The van der Waals surface area contributed by atoms with Gasteiger partial charge in [0.15, 0.2) is 0 Å². The summed E-state index contributed by atoms with van der Waals surface area (Å²) >= 11 is 0. The van der Waals surface area contributed by atoms with E-state index in [2.05, 4.69) is 10.3 Å². The zero-order chi connectivity index (χ0) is 29.4. The summed E-state index contributed by atoms with van der Waals surface area (Å²) in [6, 6.07) is 19.6. The third-order valence-corrected chi connectivity index (χ3v) is 7.85. The fourth-order valence-corrected chi connectivity index (χ4v) is 5.83. The summed E-state index contributed by atoms with van der Waals surface area (Å²) in [6.45, 7) is 2.52. The van der Waals surface area contributed by atoms with Crippen molar-refractivity contribution in [2.75, 3.05) is 38.7 Å². The van der Waals surface area contributed by atoms with Gasteiger partial charge in [0.1, 0.15) is 11.4 Å². The van der Waals surface area contributed by atoms with Crippen LogP contribution in [-0.4, -0.2) is 71.8 Å². The molecule has 1 unspecified atom stereocenters. The largest absolute Gasteiger partial charge is 0.497 e. The van der Waals surface area contributed by atoms with Crippen LogP contribution in [0.1, 0.15) is 55.3 Å². The van der Waals surface area contributed by atoms with Gasteiger partial charge in [0.25, 0.3) is 11.8 Å². The average molecular weight is 567 g/mol. The highest BCUT2D eigenvalue weighted by molar-refractivity contribution is 6.21. The number of ether oxygens (including phenoxy) is 2. The van der Waals surface area contributed by atoms with E-state index in [0.717, 1.165) is 11.1 Å². The number of rotatable bonds is 8. The van der Waals surface area contributed by atoms with Crippen molar-refractivity contribution in [3.8, 4) is 5.75 Å². The van der Waals surface area contributed by atoms with Crippen LogP contribution >= 0.6 is 0 Å². The molecule has 0 saturated carbocycles. The van der Waals surface area contributed by atoms with Crippen molar-refractivity contribution in [2.45, 2.75) is 19.4 Å². The molecule has 4 aromatic rings. The minimum atomic E-state index is -0.585. The van der Waals surface area contributed by atoms with Gasteiger partial charge in [-0.3, -0.25) is 24.2 Å². The molecule has 1 aromatic heterocycles. The summed E-state index contributed by atoms with van der Waals surface area (Å²) < 4.78 is 10.6. The first-order valence-electron chi connectivity index (χ1n) is 13.8. The van der Waals surface area contributed by atoms with Gasteiger partial charge in [-0.25, -0.2) is 4.79 Å². The lowest BCUT2D eigenvalue weighted by Crippen LogP contribution is -2.46. The molecule has 2 N–H and O–H groups in total. The highest BCUT2D eigenvalue weighted by Gasteiger charge is 2.39. The number of esters is 1. The average Bonchev–Trinajstić information content (AvgIpc) is 3.48. The second-order valence-electron chi connectivity index (χ2n) is 10.3. The smallest absolute Gasteiger partial charge is 0.356 e. The van der Waals surface area contributed by atoms with Gasteiger partial charge < -0.3 is 19.8 Å². The quantitative estimate of drug-likeness (QED) is 0.242. The number of fused-ring (bicyclic) bond motifs is 3. The van der Waals surface area contributed by atoms with Crippen molar-refractivity contribution < 1.29 is 28.7 Å². The van der Waals surface area contributed by atoms with Gasteiger partial charge >= 0.3 is 5.97 Å². The predicted octanol–water partition coefficient (Wildman–Crippen LogP) is 4.19. The first-order chi connectivity index (χ1) is 20.4. The number of nitrogens with zero attached hydrogens (tertiary/aromatic N) is 2. The van der Waals surface area contributed by atoms with Crippen LogP contribution in [0.5, 0.6) is 5.75 Å². The lowest BCUT2D eigenvalue weighted by atomic mass is 9.92. The van der Waals surface area contributed by atoms with Crippen molar-refractivity contribution in [1.82, 2.24) is 14.8 Å². The topological polar surface area (TPSA) is 121 Å². The molecule has 3 heterocycles. The van der Waals surface area contributed by atoms with E-state index in [-0.39, 0.29) is 43.1 Å². The van der Waals surface area contributed by atoms with Crippen LogP contribution in [0.15, 0.2) is 66.7 Å². The molecule has 2 aliphatic heterocycles. The maximum Gasteiger partial charge on any atom is 0.356 e. The number of amides is 3. The molecule has 6 rings (SSSR count). The van der Waals surface area contributed by atoms with Gasteiger partial charge in [0.05, 0.1) is 43.1 Å². The van der Waals surface area contributed by atoms with Crippen molar-refractivity contribution in [3.63, 3.8) is 0 Å². The number of anilines is 1. The van der Waals surface area contributed by atoms with Gasteiger partial charge in [-0.2, -0.15) is 0 Å². The Hall–Kier alpha value is -4.96. The molecule has 2 aliphatic rings. The van der Waals surface area contributed by atoms with E-state index in [4.69, 9.17) is 9.47 Å². The molecule has 0 aliphatic carbocycles. The van der Waals surface area contributed by atoms with Gasteiger partial charge in [0, 0.05) is 24.0 Å². The molecule has 42 heavy (non-hydrogen) atoms. The molecule has 10 heteroatoms. The maximum atomic E-state index is 13.6. The summed E-state index contributed by atoms with van der Waals surface area (Å²) in [5.74, 6) is -1.04. The molecule has 0 radical (unpaired) electrons.